The summed E-state index contributed by atoms with van der Waals surface area (Å²) < 4.78 is 6.24. The van der Waals surface area contributed by atoms with Crippen LogP contribution in [0.3, 0.4) is 0 Å². The Morgan fingerprint density at radius 3 is 1.95 bits per heavy atom. The first kappa shape index (κ1) is 17.2. The van der Waals surface area contributed by atoms with E-state index >= 15 is 0 Å². The van der Waals surface area contributed by atoms with Crippen LogP contribution in [0.25, 0.3) is 0 Å². The van der Waals surface area contributed by atoms with Crippen molar-refractivity contribution < 1.29 is 4.43 Å². The summed E-state index contributed by atoms with van der Waals surface area (Å²) in [4.78, 5) is 0. The molecule has 0 radical (unpaired) electrons. The molecule has 0 heterocycles. The van der Waals surface area contributed by atoms with Gasteiger partial charge in [0.1, 0.15) is 8.07 Å². The predicted molar refractivity (Wildman–Crippen MR) is 94.1 cm³/mol. The molecule has 0 bridgehead atoms. The van der Waals surface area contributed by atoms with Gasteiger partial charge in [0.2, 0.25) is 0 Å². The second-order valence-electron chi connectivity index (χ2n) is 7.25. The van der Waals surface area contributed by atoms with Gasteiger partial charge in [-0.2, -0.15) is 0 Å². The van der Waals surface area contributed by atoms with Gasteiger partial charge in [-0.15, -0.1) is 5.54 Å². The Kier molecular flexibility index (Phi) is 5.82. The molecular formula is C17H28OSi2. The van der Waals surface area contributed by atoms with Gasteiger partial charge in [0.15, 0.2) is 8.32 Å². The van der Waals surface area contributed by atoms with E-state index in [4.69, 9.17) is 4.43 Å². The summed E-state index contributed by atoms with van der Waals surface area (Å²) in [7, 11) is -2.79. The van der Waals surface area contributed by atoms with Crippen LogP contribution in [0.15, 0.2) is 24.3 Å². The van der Waals surface area contributed by atoms with E-state index < -0.39 is 16.4 Å². The third kappa shape index (κ3) is 6.56. The van der Waals surface area contributed by atoms with E-state index in [9.17, 15) is 0 Å². The Labute approximate surface area is 126 Å². The standard InChI is InChI=1S/C17H28OSi2/c1-8-17(18-20(5,6)7)16-11-9-15(10-12-16)13-14-19(2,3)4/h9-12,17H,8H2,1-7H3. The van der Waals surface area contributed by atoms with Crippen molar-refractivity contribution >= 4 is 16.4 Å². The summed E-state index contributed by atoms with van der Waals surface area (Å²) in [5, 5.41) is 0. The van der Waals surface area contributed by atoms with Crippen LogP contribution in [0.2, 0.25) is 39.3 Å². The number of hydrogen-bond donors (Lipinski definition) is 0. The van der Waals surface area contributed by atoms with Gasteiger partial charge < -0.3 is 4.43 Å². The molecule has 0 aliphatic heterocycles. The molecule has 1 nitrogen and oxygen atoms in total. The van der Waals surface area contributed by atoms with Crippen molar-refractivity contribution in [3.05, 3.63) is 35.4 Å². The van der Waals surface area contributed by atoms with Crippen molar-refractivity contribution in [1.82, 2.24) is 0 Å². The highest BCUT2D eigenvalue weighted by atomic mass is 28.4. The van der Waals surface area contributed by atoms with Crippen LogP contribution < -0.4 is 0 Å². The lowest BCUT2D eigenvalue weighted by Crippen LogP contribution is -2.27. The van der Waals surface area contributed by atoms with E-state index in [-0.39, 0.29) is 6.10 Å². The third-order valence-electron chi connectivity index (χ3n) is 2.73. The molecule has 0 amide bonds. The van der Waals surface area contributed by atoms with Gasteiger partial charge in [0.05, 0.1) is 6.10 Å². The zero-order chi connectivity index (χ0) is 15.4. The molecule has 0 saturated carbocycles. The van der Waals surface area contributed by atoms with Gasteiger partial charge in [0, 0.05) is 5.56 Å². The molecule has 0 N–H and O–H groups in total. The lowest BCUT2D eigenvalue weighted by atomic mass is 10.1. The van der Waals surface area contributed by atoms with Crippen molar-refractivity contribution in [2.75, 3.05) is 0 Å². The Hall–Kier alpha value is -0.826. The molecule has 110 valence electrons. The molecule has 0 aliphatic rings. The van der Waals surface area contributed by atoms with Gasteiger partial charge >= 0.3 is 0 Å². The van der Waals surface area contributed by atoms with Gasteiger partial charge in [-0.3, -0.25) is 0 Å². The lowest BCUT2D eigenvalue weighted by Gasteiger charge is -2.26. The average molecular weight is 305 g/mol. The smallest absolute Gasteiger partial charge is 0.184 e. The van der Waals surface area contributed by atoms with Crippen molar-refractivity contribution in [2.24, 2.45) is 0 Å². The quantitative estimate of drug-likeness (QED) is 0.547. The number of hydrogen-bond acceptors (Lipinski definition) is 1. The second kappa shape index (κ2) is 6.75. The van der Waals surface area contributed by atoms with Gasteiger partial charge in [-0.25, -0.2) is 0 Å². The monoisotopic (exact) mass is 304 g/mol. The summed E-state index contributed by atoms with van der Waals surface area (Å²) in [6.07, 6.45) is 1.24. The Bertz CT molecular complexity index is 481. The molecule has 1 aromatic rings. The molecule has 1 atom stereocenters. The largest absolute Gasteiger partial charge is 0.411 e. The van der Waals surface area contributed by atoms with E-state index in [1.54, 1.807) is 0 Å². The molecule has 1 rings (SSSR count). The molecule has 0 saturated heterocycles. The fourth-order valence-corrected chi connectivity index (χ4v) is 3.53. The highest BCUT2D eigenvalue weighted by Crippen LogP contribution is 2.25. The molecule has 1 aromatic carbocycles. The summed E-state index contributed by atoms with van der Waals surface area (Å²) in [5.41, 5.74) is 5.79. The van der Waals surface area contributed by atoms with Crippen LogP contribution in [0, 0.1) is 11.5 Å². The van der Waals surface area contributed by atoms with E-state index in [1.165, 1.54) is 5.56 Å². The molecule has 3 heteroatoms. The summed E-state index contributed by atoms with van der Waals surface area (Å²) >= 11 is 0. The van der Waals surface area contributed by atoms with Crippen LogP contribution in [-0.4, -0.2) is 16.4 Å². The fourth-order valence-electron chi connectivity index (χ4n) is 1.85. The normalized spacial score (nSPS) is 13.6. The maximum atomic E-state index is 6.24. The van der Waals surface area contributed by atoms with Crippen molar-refractivity contribution in [3.63, 3.8) is 0 Å². The van der Waals surface area contributed by atoms with Gasteiger partial charge in [0.25, 0.3) is 0 Å². The van der Waals surface area contributed by atoms with Gasteiger partial charge in [-0.05, 0) is 43.8 Å². The maximum absolute atomic E-state index is 6.24. The van der Waals surface area contributed by atoms with Crippen LogP contribution in [0.1, 0.15) is 30.6 Å². The van der Waals surface area contributed by atoms with E-state index in [1.807, 2.05) is 0 Å². The highest BCUT2D eigenvalue weighted by molar-refractivity contribution is 6.83. The van der Waals surface area contributed by atoms with Crippen LogP contribution in [0.4, 0.5) is 0 Å². The van der Waals surface area contributed by atoms with Gasteiger partial charge in [-0.1, -0.05) is 44.6 Å². The summed E-state index contributed by atoms with van der Waals surface area (Å²) in [6.45, 7) is 15.7. The first-order valence-corrected chi connectivity index (χ1v) is 14.3. The minimum absolute atomic E-state index is 0.223. The third-order valence-corrected chi connectivity index (χ3v) is 4.60. The van der Waals surface area contributed by atoms with Crippen molar-refractivity contribution in [3.8, 4) is 11.5 Å². The Morgan fingerprint density at radius 1 is 1.00 bits per heavy atom. The lowest BCUT2D eigenvalue weighted by molar-refractivity contribution is 0.193. The minimum atomic E-state index is -1.50. The Balaban J connectivity index is 2.86. The molecule has 1 unspecified atom stereocenters. The summed E-state index contributed by atoms with van der Waals surface area (Å²) in [5.74, 6) is 3.30. The van der Waals surface area contributed by atoms with E-state index in [2.05, 4.69) is 81.9 Å². The molecular weight excluding hydrogens is 276 g/mol. The van der Waals surface area contributed by atoms with Crippen molar-refractivity contribution in [2.45, 2.75) is 58.7 Å². The molecule has 0 aromatic heterocycles. The number of rotatable bonds is 4. The van der Waals surface area contributed by atoms with Crippen LogP contribution in [-0.2, 0) is 4.43 Å². The van der Waals surface area contributed by atoms with Crippen molar-refractivity contribution in [1.29, 1.82) is 0 Å². The first-order valence-electron chi connectivity index (χ1n) is 7.42. The Morgan fingerprint density at radius 2 is 1.55 bits per heavy atom. The molecule has 0 aliphatic carbocycles. The van der Waals surface area contributed by atoms with E-state index in [0.717, 1.165) is 12.0 Å². The average Bonchev–Trinajstić information content (AvgIpc) is 2.32. The molecule has 20 heavy (non-hydrogen) atoms. The second-order valence-corrected chi connectivity index (χ2v) is 16.5. The number of benzene rings is 1. The molecule has 0 spiro atoms. The zero-order valence-electron chi connectivity index (χ0n) is 14.0. The topological polar surface area (TPSA) is 9.23 Å². The SMILES string of the molecule is CCC(O[Si](C)(C)C)c1ccc(C#C[Si](C)(C)C)cc1. The van der Waals surface area contributed by atoms with E-state index in [0.29, 0.717) is 0 Å². The van der Waals surface area contributed by atoms with Crippen LogP contribution >= 0.6 is 0 Å². The first-order chi connectivity index (χ1) is 9.11. The van der Waals surface area contributed by atoms with Crippen LogP contribution in [0.5, 0.6) is 0 Å². The summed E-state index contributed by atoms with van der Waals surface area (Å²) in [6, 6.07) is 8.59. The molecule has 0 fully saturated rings. The predicted octanol–water partition coefficient (Wildman–Crippen LogP) is 5.22. The minimum Gasteiger partial charge on any atom is -0.411 e. The zero-order valence-corrected chi connectivity index (χ0v) is 16.0. The fraction of sp³-hybridized carbons (Fsp3) is 0.529. The maximum Gasteiger partial charge on any atom is 0.184 e. The highest BCUT2D eigenvalue weighted by Gasteiger charge is 2.21.